The highest BCUT2D eigenvalue weighted by molar-refractivity contribution is 7.99. The number of hydrogen-bond acceptors (Lipinski definition) is 5. The monoisotopic (exact) mass is 363 g/mol. The zero-order chi connectivity index (χ0) is 18.6. The van der Waals surface area contributed by atoms with Crippen LogP contribution in [0.1, 0.15) is 47.8 Å². The number of nitrogens with two attached hydrogens (primary N) is 1. The molecule has 136 valence electrons. The predicted octanol–water partition coefficient (Wildman–Crippen LogP) is 2.13. The molecule has 0 unspecified atom stereocenters. The van der Waals surface area contributed by atoms with Gasteiger partial charge in [-0.1, -0.05) is 11.8 Å². The summed E-state index contributed by atoms with van der Waals surface area (Å²) in [5, 5.41) is 8.98. The van der Waals surface area contributed by atoms with Crippen LogP contribution in [0.25, 0.3) is 0 Å². The Balaban J connectivity index is 2.08. The second kappa shape index (κ2) is 8.33. The van der Waals surface area contributed by atoms with Crippen molar-refractivity contribution in [2.45, 2.75) is 58.8 Å². The topological polar surface area (TPSA) is 95.8 Å². The lowest BCUT2D eigenvalue weighted by atomic mass is 10.2. The van der Waals surface area contributed by atoms with E-state index in [0.717, 1.165) is 29.3 Å². The molecule has 7 nitrogen and oxygen atoms in total. The van der Waals surface area contributed by atoms with Crippen LogP contribution in [0.2, 0.25) is 0 Å². The summed E-state index contributed by atoms with van der Waals surface area (Å²) in [5.41, 5.74) is 8.06. The van der Waals surface area contributed by atoms with Gasteiger partial charge < -0.3 is 14.9 Å². The highest BCUT2D eigenvalue weighted by atomic mass is 32.2. The van der Waals surface area contributed by atoms with Gasteiger partial charge in [-0.05, 0) is 33.8 Å². The minimum absolute atomic E-state index is 0.0853. The van der Waals surface area contributed by atoms with Crippen molar-refractivity contribution in [3.63, 3.8) is 0 Å². The number of carbonyl (C=O) groups is 2. The molecule has 2 aromatic heterocycles. The Morgan fingerprint density at radius 1 is 1.16 bits per heavy atom. The number of carbonyl (C=O) groups excluding carboxylic acids is 2. The Bertz CT molecular complexity index is 778. The van der Waals surface area contributed by atoms with Crippen molar-refractivity contribution < 1.29 is 9.59 Å². The molecular weight excluding hydrogens is 338 g/mol. The molecule has 0 bridgehead atoms. The largest absolute Gasteiger partial charge is 0.370 e. The van der Waals surface area contributed by atoms with Gasteiger partial charge in [0.1, 0.15) is 5.82 Å². The fourth-order valence-corrected chi connectivity index (χ4v) is 3.85. The smallest absolute Gasteiger partial charge is 0.217 e. The van der Waals surface area contributed by atoms with Crippen LogP contribution in [-0.4, -0.2) is 36.8 Å². The van der Waals surface area contributed by atoms with Gasteiger partial charge in [0.25, 0.3) is 0 Å². The Labute approximate surface area is 152 Å². The maximum Gasteiger partial charge on any atom is 0.217 e. The molecule has 2 heterocycles. The fraction of sp³-hybridized carbons (Fsp3) is 0.529. The number of aromatic nitrogens is 4. The van der Waals surface area contributed by atoms with Crippen LogP contribution >= 0.6 is 11.8 Å². The van der Waals surface area contributed by atoms with E-state index in [1.165, 1.54) is 11.8 Å². The first kappa shape index (κ1) is 19.2. The van der Waals surface area contributed by atoms with Crippen LogP contribution in [0.3, 0.4) is 0 Å². The molecule has 0 spiro atoms. The van der Waals surface area contributed by atoms with Crippen molar-refractivity contribution in [1.29, 1.82) is 0 Å². The molecule has 0 aliphatic rings. The molecule has 2 N–H and O–H groups in total. The van der Waals surface area contributed by atoms with Gasteiger partial charge in [-0.3, -0.25) is 9.59 Å². The number of thioether (sulfide) groups is 1. The molecule has 2 rings (SSSR count). The first-order valence-electron chi connectivity index (χ1n) is 8.42. The van der Waals surface area contributed by atoms with Gasteiger partial charge in [-0.25, -0.2) is 0 Å². The van der Waals surface area contributed by atoms with E-state index >= 15 is 0 Å². The number of hydrogen-bond donors (Lipinski definition) is 1. The van der Waals surface area contributed by atoms with E-state index in [0.29, 0.717) is 23.9 Å². The maximum atomic E-state index is 12.6. The molecule has 25 heavy (non-hydrogen) atoms. The van der Waals surface area contributed by atoms with Gasteiger partial charge >= 0.3 is 0 Å². The molecular formula is C17H25N5O2S. The molecule has 0 aromatic carbocycles. The summed E-state index contributed by atoms with van der Waals surface area (Å²) < 4.78 is 4.06. The number of nitrogens with zero attached hydrogens (tertiary/aromatic N) is 4. The van der Waals surface area contributed by atoms with Crippen molar-refractivity contribution in [2.75, 3.05) is 5.75 Å². The Hall–Kier alpha value is -2.09. The molecule has 0 atom stereocenters. The third-order valence-electron chi connectivity index (χ3n) is 4.23. The first-order valence-corrected chi connectivity index (χ1v) is 9.40. The molecule has 0 saturated carbocycles. The Kier molecular flexibility index (Phi) is 6.41. The van der Waals surface area contributed by atoms with E-state index in [4.69, 9.17) is 5.73 Å². The van der Waals surface area contributed by atoms with Gasteiger partial charge in [0.15, 0.2) is 10.9 Å². The fourth-order valence-electron chi connectivity index (χ4n) is 2.94. The van der Waals surface area contributed by atoms with Gasteiger partial charge in [-0.15, -0.1) is 10.2 Å². The van der Waals surface area contributed by atoms with E-state index in [1.807, 2.05) is 31.4 Å². The summed E-state index contributed by atoms with van der Waals surface area (Å²) in [6, 6.07) is 1.95. The number of aryl methyl sites for hydroxylation is 2. The molecule has 1 amide bonds. The van der Waals surface area contributed by atoms with Gasteiger partial charge in [0.05, 0.1) is 5.75 Å². The van der Waals surface area contributed by atoms with E-state index in [1.54, 1.807) is 0 Å². The molecule has 8 heteroatoms. The second-order valence-electron chi connectivity index (χ2n) is 5.85. The summed E-state index contributed by atoms with van der Waals surface area (Å²) in [4.78, 5) is 23.5. The summed E-state index contributed by atoms with van der Waals surface area (Å²) in [6.45, 7) is 9.58. The van der Waals surface area contributed by atoms with Gasteiger partial charge in [-0.2, -0.15) is 0 Å². The SMILES string of the molecule is CCn1c(CCC(N)=O)nnc1SCC(=O)c1cc(C)n(CC)c1C. The molecule has 0 aliphatic carbocycles. The average molecular weight is 363 g/mol. The van der Waals surface area contributed by atoms with Crippen molar-refractivity contribution in [1.82, 2.24) is 19.3 Å². The van der Waals surface area contributed by atoms with E-state index in [2.05, 4.69) is 21.7 Å². The lowest BCUT2D eigenvalue weighted by Gasteiger charge is -2.07. The quantitative estimate of drug-likeness (QED) is 0.544. The van der Waals surface area contributed by atoms with Crippen molar-refractivity contribution >= 4 is 23.5 Å². The van der Waals surface area contributed by atoms with Crippen LogP contribution in [0.5, 0.6) is 0 Å². The van der Waals surface area contributed by atoms with Gasteiger partial charge in [0, 0.05) is 42.9 Å². The molecule has 0 radical (unpaired) electrons. The molecule has 0 fully saturated rings. The zero-order valence-corrected chi connectivity index (χ0v) is 16.0. The highest BCUT2D eigenvalue weighted by Gasteiger charge is 2.18. The van der Waals surface area contributed by atoms with Crippen LogP contribution < -0.4 is 5.73 Å². The van der Waals surface area contributed by atoms with Crippen molar-refractivity contribution in [3.05, 3.63) is 28.8 Å². The Morgan fingerprint density at radius 3 is 2.40 bits per heavy atom. The minimum Gasteiger partial charge on any atom is -0.370 e. The third-order valence-corrected chi connectivity index (χ3v) is 5.19. The maximum absolute atomic E-state index is 12.6. The summed E-state index contributed by atoms with van der Waals surface area (Å²) in [7, 11) is 0. The van der Waals surface area contributed by atoms with E-state index < -0.39 is 0 Å². The number of amides is 1. The summed E-state index contributed by atoms with van der Waals surface area (Å²) in [6.07, 6.45) is 0.701. The summed E-state index contributed by atoms with van der Waals surface area (Å²) >= 11 is 1.38. The van der Waals surface area contributed by atoms with Gasteiger partial charge in [0.2, 0.25) is 5.91 Å². The van der Waals surface area contributed by atoms with E-state index in [-0.39, 0.29) is 18.1 Å². The van der Waals surface area contributed by atoms with Crippen LogP contribution in [0.15, 0.2) is 11.2 Å². The number of primary amides is 1. The average Bonchev–Trinajstić information content (AvgIpc) is 3.10. The standard InChI is InChI=1S/C17H25N5O2S/c1-5-21-11(3)9-13(12(21)4)14(23)10-25-17-20-19-16(22(17)6-2)8-7-15(18)24/h9H,5-8,10H2,1-4H3,(H2,18,24). The van der Waals surface area contributed by atoms with E-state index in [9.17, 15) is 9.59 Å². The minimum atomic E-state index is -0.360. The lowest BCUT2D eigenvalue weighted by molar-refractivity contribution is -0.118. The number of Topliss-reactive ketones (excluding diaryl/α,β-unsaturated/α-hetero) is 1. The summed E-state index contributed by atoms with van der Waals surface area (Å²) in [5.74, 6) is 0.756. The van der Waals surface area contributed by atoms with Crippen LogP contribution in [-0.2, 0) is 24.3 Å². The zero-order valence-electron chi connectivity index (χ0n) is 15.2. The van der Waals surface area contributed by atoms with Crippen LogP contribution in [0.4, 0.5) is 0 Å². The second-order valence-corrected chi connectivity index (χ2v) is 6.79. The first-order chi connectivity index (χ1) is 11.9. The lowest BCUT2D eigenvalue weighted by Crippen LogP contribution is -2.13. The van der Waals surface area contributed by atoms with Crippen LogP contribution in [0, 0.1) is 13.8 Å². The molecule has 0 saturated heterocycles. The van der Waals surface area contributed by atoms with Crippen molar-refractivity contribution in [2.24, 2.45) is 5.73 Å². The highest BCUT2D eigenvalue weighted by Crippen LogP contribution is 2.22. The normalized spacial score (nSPS) is 11.0. The predicted molar refractivity (Wildman–Crippen MR) is 97.8 cm³/mol. The number of ketones is 1. The molecule has 2 aromatic rings. The van der Waals surface area contributed by atoms with Crippen molar-refractivity contribution in [3.8, 4) is 0 Å². The molecule has 0 aliphatic heterocycles. The third kappa shape index (κ3) is 4.31. The number of rotatable bonds is 9. The Morgan fingerprint density at radius 2 is 1.84 bits per heavy atom.